The van der Waals surface area contributed by atoms with Crippen molar-refractivity contribution in [3.63, 3.8) is 0 Å². The molecular weight excluding hydrogens is 425 g/mol. The number of ether oxygens (including phenoxy) is 2. The quantitative estimate of drug-likeness (QED) is 0.584. The Morgan fingerprint density at radius 3 is 2.48 bits per heavy atom. The van der Waals surface area contributed by atoms with Gasteiger partial charge in [-0.3, -0.25) is 9.59 Å². The van der Waals surface area contributed by atoms with Crippen molar-refractivity contribution in [3.8, 4) is 5.75 Å². The molecule has 0 bridgehead atoms. The van der Waals surface area contributed by atoms with Crippen LogP contribution in [0.3, 0.4) is 0 Å². The number of halogens is 1. The van der Waals surface area contributed by atoms with E-state index in [-0.39, 0.29) is 30.1 Å². The highest BCUT2D eigenvalue weighted by molar-refractivity contribution is 6.03. The first kappa shape index (κ1) is 22.9. The van der Waals surface area contributed by atoms with Gasteiger partial charge in [-0.25, -0.2) is 9.40 Å². The van der Waals surface area contributed by atoms with E-state index in [1.54, 1.807) is 37.3 Å². The van der Waals surface area contributed by atoms with Gasteiger partial charge < -0.3 is 14.4 Å². The molecule has 2 aliphatic rings. The maximum atomic E-state index is 14.5. The SMILES string of the molecule is COCCN(CC(=O)N1N=C(c2ccccc2F)C[C@@H]1c1ccc(OC)cc1)C(=O)C1CC1. The standard InChI is InChI=1S/C25H28FN3O4/c1-32-14-13-28(25(31)18-7-8-18)16-24(30)29-23(17-9-11-19(33-2)12-10-17)15-22(27-29)20-5-3-4-6-21(20)26/h3-6,9-12,18,23H,7-8,13-16H2,1-2H3/t23-/m1/s1. The monoisotopic (exact) mass is 453 g/mol. The summed E-state index contributed by atoms with van der Waals surface area (Å²) >= 11 is 0. The number of nitrogens with zero attached hydrogens (tertiary/aromatic N) is 3. The molecule has 7 nitrogen and oxygen atoms in total. The normalized spacial score (nSPS) is 17.6. The van der Waals surface area contributed by atoms with E-state index in [2.05, 4.69) is 5.10 Å². The summed E-state index contributed by atoms with van der Waals surface area (Å²) < 4.78 is 24.9. The molecule has 33 heavy (non-hydrogen) atoms. The first-order chi connectivity index (χ1) is 16.0. The highest BCUT2D eigenvalue weighted by Gasteiger charge is 2.38. The van der Waals surface area contributed by atoms with Crippen molar-refractivity contribution >= 4 is 17.5 Å². The molecule has 4 rings (SSSR count). The second kappa shape index (κ2) is 10.1. The Kier molecular flexibility index (Phi) is 7.03. The zero-order valence-corrected chi connectivity index (χ0v) is 18.9. The van der Waals surface area contributed by atoms with Crippen LogP contribution in [0.2, 0.25) is 0 Å². The Labute approximate surface area is 192 Å². The van der Waals surface area contributed by atoms with E-state index < -0.39 is 6.04 Å². The molecule has 1 aliphatic carbocycles. The van der Waals surface area contributed by atoms with Gasteiger partial charge in [-0.1, -0.05) is 30.3 Å². The second-order valence-corrected chi connectivity index (χ2v) is 8.28. The predicted octanol–water partition coefficient (Wildman–Crippen LogP) is 3.40. The van der Waals surface area contributed by atoms with Crippen molar-refractivity contribution in [1.82, 2.24) is 9.91 Å². The molecular formula is C25H28FN3O4. The van der Waals surface area contributed by atoms with E-state index in [0.29, 0.717) is 36.6 Å². The lowest BCUT2D eigenvalue weighted by Crippen LogP contribution is -2.43. The molecule has 2 aromatic carbocycles. The molecule has 174 valence electrons. The molecule has 0 spiro atoms. The van der Waals surface area contributed by atoms with Gasteiger partial charge in [0.15, 0.2) is 0 Å². The van der Waals surface area contributed by atoms with Crippen molar-refractivity contribution in [1.29, 1.82) is 0 Å². The number of carbonyl (C=O) groups excluding carboxylic acids is 2. The lowest BCUT2D eigenvalue weighted by Gasteiger charge is -2.27. The fourth-order valence-corrected chi connectivity index (χ4v) is 3.98. The molecule has 8 heteroatoms. The zero-order valence-electron chi connectivity index (χ0n) is 18.9. The van der Waals surface area contributed by atoms with Gasteiger partial charge in [0.1, 0.15) is 18.1 Å². The van der Waals surface area contributed by atoms with Gasteiger partial charge in [-0.15, -0.1) is 0 Å². The molecule has 1 fully saturated rings. The maximum Gasteiger partial charge on any atom is 0.262 e. The molecule has 1 heterocycles. The van der Waals surface area contributed by atoms with Crippen molar-refractivity contribution in [3.05, 3.63) is 65.5 Å². The zero-order chi connectivity index (χ0) is 23.4. The summed E-state index contributed by atoms with van der Waals surface area (Å²) in [6, 6.07) is 13.4. The van der Waals surface area contributed by atoms with Crippen LogP contribution in [0.5, 0.6) is 5.75 Å². The Morgan fingerprint density at radius 1 is 1.12 bits per heavy atom. The molecule has 0 aromatic heterocycles. The van der Waals surface area contributed by atoms with Crippen molar-refractivity contribution < 1.29 is 23.5 Å². The van der Waals surface area contributed by atoms with E-state index in [1.165, 1.54) is 11.1 Å². The summed E-state index contributed by atoms with van der Waals surface area (Å²) in [6.45, 7) is 0.583. The van der Waals surface area contributed by atoms with E-state index >= 15 is 0 Å². The van der Waals surface area contributed by atoms with Crippen LogP contribution in [0.4, 0.5) is 4.39 Å². The van der Waals surface area contributed by atoms with Gasteiger partial charge in [0.25, 0.3) is 5.91 Å². The van der Waals surface area contributed by atoms with Crippen molar-refractivity contribution in [2.24, 2.45) is 11.0 Å². The van der Waals surface area contributed by atoms with E-state index in [4.69, 9.17) is 9.47 Å². The Balaban J connectivity index is 1.61. The maximum absolute atomic E-state index is 14.5. The Hall–Kier alpha value is -3.26. The summed E-state index contributed by atoms with van der Waals surface area (Å²) in [7, 11) is 3.15. The van der Waals surface area contributed by atoms with Gasteiger partial charge in [-0.2, -0.15) is 5.10 Å². The average molecular weight is 454 g/mol. The number of hydrazone groups is 1. The summed E-state index contributed by atoms with van der Waals surface area (Å²) in [6.07, 6.45) is 2.07. The van der Waals surface area contributed by atoms with Crippen molar-refractivity contribution in [2.45, 2.75) is 25.3 Å². The molecule has 1 atom stereocenters. The Bertz CT molecular complexity index is 1040. The highest BCUT2D eigenvalue weighted by atomic mass is 19.1. The summed E-state index contributed by atoms with van der Waals surface area (Å²) in [4.78, 5) is 27.7. The molecule has 0 radical (unpaired) electrons. The van der Waals surface area contributed by atoms with Crippen molar-refractivity contribution in [2.75, 3.05) is 33.9 Å². The van der Waals surface area contributed by atoms with Gasteiger partial charge in [0, 0.05) is 31.6 Å². The minimum atomic E-state index is -0.404. The molecule has 1 saturated carbocycles. The topological polar surface area (TPSA) is 71.4 Å². The second-order valence-electron chi connectivity index (χ2n) is 8.28. The van der Waals surface area contributed by atoms with Crippen LogP contribution >= 0.6 is 0 Å². The van der Waals surface area contributed by atoms with Crippen LogP contribution in [-0.2, 0) is 14.3 Å². The third-order valence-corrected chi connectivity index (χ3v) is 5.98. The predicted molar refractivity (Wildman–Crippen MR) is 121 cm³/mol. The lowest BCUT2D eigenvalue weighted by atomic mass is 9.98. The molecule has 0 unspecified atom stereocenters. The smallest absolute Gasteiger partial charge is 0.262 e. The van der Waals surface area contributed by atoms with Crippen LogP contribution in [0.1, 0.15) is 36.4 Å². The van der Waals surface area contributed by atoms with Gasteiger partial charge in [0.05, 0.1) is 25.5 Å². The minimum Gasteiger partial charge on any atom is -0.497 e. The minimum absolute atomic E-state index is 0.0110. The largest absolute Gasteiger partial charge is 0.497 e. The number of hydrogen-bond acceptors (Lipinski definition) is 5. The van der Waals surface area contributed by atoms with E-state index in [0.717, 1.165) is 18.4 Å². The van der Waals surface area contributed by atoms with Crippen LogP contribution in [0.25, 0.3) is 0 Å². The molecule has 2 amide bonds. The van der Waals surface area contributed by atoms with Gasteiger partial charge >= 0.3 is 0 Å². The Morgan fingerprint density at radius 2 is 1.85 bits per heavy atom. The first-order valence-electron chi connectivity index (χ1n) is 11.1. The molecule has 0 saturated heterocycles. The summed E-state index contributed by atoms with van der Waals surface area (Å²) in [5, 5.41) is 5.93. The summed E-state index contributed by atoms with van der Waals surface area (Å²) in [5.41, 5.74) is 1.73. The van der Waals surface area contributed by atoms with Crippen LogP contribution in [0, 0.1) is 11.7 Å². The van der Waals surface area contributed by atoms with E-state index in [9.17, 15) is 14.0 Å². The number of rotatable bonds is 9. The number of amides is 2. The third-order valence-electron chi connectivity index (χ3n) is 5.98. The highest BCUT2D eigenvalue weighted by Crippen LogP contribution is 2.35. The first-order valence-corrected chi connectivity index (χ1v) is 11.1. The number of hydrogen-bond donors (Lipinski definition) is 0. The average Bonchev–Trinajstić information content (AvgIpc) is 3.60. The van der Waals surface area contributed by atoms with Crippen LogP contribution in [0.15, 0.2) is 53.6 Å². The lowest BCUT2D eigenvalue weighted by molar-refractivity contribution is -0.142. The van der Waals surface area contributed by atoms with Crippen LogP contribution in [-0.4, -0.2) is 61.4 Å². The van der Waals surface area contributed by atoms with Gasteiger partial charge in [-0.05, 0) is 36.6 Å². The number of carbonyl (C=O) groups is 2. The fourth-order valence-electron chi connectivity index (χ4n) is 3.98. The molecule has 0 N–H and O–H groups in total. The van der Waals surface area contributed by atoms with E-state index in [1.807, 2.05) is 24.3 Å². The third kappa shape index (κ3) is 5.22. The van der Waals surface area contributed by atoms with Gasteiger partial charge in [0.2, 0.25) is 5.91 Å². The fraction of sp³-hybridized carbons (Fsp3) is 0.400. The number of methoxy groups -OCH3 is 2. The van der Waals surface area contributed by atoms with Crippen LogP contribution < -0.4 is 4.74 Å². The number of benzene rings is 2. The molecule has 2 aromatic rings. The molecule has 1 aliphatic heterocycles. The summed E-state index contributed by atoms with van der Waals surface area (Å²) in [5.74, 6) is -0.0374.